The van der Waals surface area contributed by atoms with Gasteiger partial charge in [0.2, 0.25) is 0 Å². The van der Waals surface area contributed by atoms with Crippen molar-refractivity contribution in [3.05, 3.63) is 21.6 Å². The van der Waals surface area contributed by atoms with Crippen molar-refractivity contribution in [3.8, 4) is 0 Å². The molecule has 0 aromatic carbocycles. The fourth-order valence-electron chi connectivity index (χ4n) is 1.47. The van der Waals surface area contributed by atoms with Crippen LogP contribution in [0.5, 0.6) is 0 Å². The van der Waals surface area contributed by atoms with Crippen molar-refractivity contribution in [2.24, 2.45) is 11.8 Å². The molecule has 0 bridgehead atoms. The van der Waals surface area contributed by atoms with Gasteiger partial charge in [0, 0.05) is 13.1 Å². The van der Waals surface area contributed by atoms with E-state index in [2.05, 4.69) is 31.2 Å². The molecule has 0 aliphatic carbocycles. The quantitative estimate of drug-likeness (QED) is 0.865. The van der Waals surface area contributed by atoms with Gasteiger partial charge in [-0.15, -0.1) is 0 Å². The number of nitrogens with one attached hydrogen (secondary N) is 1. The average molecular weight is 272 g/mol. The second-order valence-electron chi connectivity index (χ2n) is 5.00. The van der Waals surface area contributed by atoms with Gasteiger partial charge in [0.1, 0.15) is 5.02 Å². The van der Waals surface area contributed by atoms with Crippen molar-refractivity contribution in [3.63, 3.8) is 0 Å². The first-order valence-corrected chi connectivity index (χ1v) is 6.84. The van der Waals surface area contributed by atoms with Gasteiger partial charge < -0.3 is 5.32 Å². The maximum Gasteiger partial charge on any atom is 0.287 e. The van der Waals surface area contributed by atoms with E-state index in [1.54, 1.807) is 6.20 Å². The zero-order chi connectivity index (χ0) is 13.7. The van der Waals surface area contributed by atoms with E-state index in [-0.39, 0.29) is 10.6 Å². The summed E-state index contributed by atoms with van der Waals surface area (Å²) in [7, 11) is 0. The van der Waals surface area contributed by atoms with Gasteiger partial charge in [-0.05, 0) is 18.3 Å². The van der Waals surface area contributed by atoms with Crippen LogP contribution in [-0.4, -0.2) is 16.3 Å². The van der Waals surface area contributed by atoms with Crippen molar-refractivity contribution < 1.29 is 0 Å². The molecule has 0 radical (unpaired) electrons. The Balaban J connectivity index is 2.79. The topological polar surface area (TPSA) is 46.9 Å². The van der Waals surface area contributed by atoms with E-state index in [1.807, 2.05) is 6.92 Å². The summed E-state index contributed by atoms with van der Waals surface area (Å²) in [5.41, 5.74) is 0.405. The maximum absolute atomic E-state index is 11.9. The standard InChI is InChI=1S/C13H22ClN3O/c1-5-6-17-13(18)12(14)11(8-16-17)15-7-10(4)9(2)3/h8-10,15H,5-7H2,1-4H3. The van der Waals surface area contributed by atoms with Gasteiger partial charge in [0.05, 0.1) is 11.9 Å². The molecule has 1 unspecified atom stereocenters. The normalized spacial score (nSPS) is 12.8. The van der Waals surface area contributed by atoms with Crippen molar-refractivity contribution >= 4 is 17.3 Å². The molecule has 1 aromatic rings. The van der Waals surface area contributed by atoms with Crippen LogP contribution in [0.1, 0.15) is 34.1 Å². The van der Waals surface area contributed by atoms with Crippen LogP contribution < -0.4 is 10.9 Å². The van der Waals surface area contributed by atoms with Crippen molar-refractivity contribution in [1.29, 1.82) is 0 Å². The Hall–Kier alpha value is -1.03. The van der Waals surface area contributed by atoms with Crippen LogP contribution in [0.4, 0.5) is 5.69 Å². The highest BCUT2D eigenvalue weighted by Gasteiger charge is 2.11. The second kappa shape index (κ2) is 6.78. The number of hydrogen-bond donors (Lipinski definition) is 1. The zero-order valence-electron chi connectivity index (χ0n) is 11.5. The van der Waals surface area contributed by atoms with Crippen molar-refractivity contribution in [1.82, 2.24) is 9.78 Å². The highest BCUT2D eigenvalue weighted by molar-refractivity contribution is 6.32. The van der Waals surface area contributed by atoms with E-state index in [4.69, 9.17) is 11.6 Å². The minimum atomic E-state index is -0.222. The van der Waals surface area contributed by atoms with E-state index in [9.17, 15) is 4.79 Å². The Morgan fingerprint density at radius 3 is 2.67 bits per heavy atom. The Kier molecular flexibility index (Phi) is 5.66. The SMILES string of the molecule is CCCn1ncc(NCC(C)C(C)C)c(Cl)c1=O. The molecule has 1 N–H and O–H groups in total. The van der Waals surface area contributed by atoms with E-state index in [0.29, 0.717) is 24.1 Å². The number of aryl methyl sites for hydroxylation is 1. The summed E-state index contributed by atoms with van der Waals surface area (Å²) in [6.07, 6.45) is 2.49. The molecule has 0 aliphatic rings. The first-order valence-electron chi connectivity index (χ1n) is 6.46. The third kappa shape index (κ3) is 3.73. The first kappa shape index (κ1) is 15.0. The highest BCUT2D eigenvalue weighted by atomic mass is 35.5. The lowest BCUT2D eigenvalue weighted by Crippen LogP contribution is -2.25. The summed E-state index contributed by atoms with van der Waals surface area (Å²) < 4.78 is 1.40. The molecule has 1 heterocycles. The minimum absolute atomic E-state index is 0.222. The molecule has 0 saturated heterocycles. The summed E-state index contributed by atoms with van der Waals surface area (Å²) in [5, 5.41) is 7.54. The summed E-state index contributed by atoms with van der Waals surface area (Å²) in [4.78, 5) is 11.9. The average Bonchev–Trinajstić information content (AvgIpc) is 2.33. The molecule has 0 aliphatic heterocycles. The summed E-state index contributed by atoms with van der Waals surface area (Å²) in [6.45, 7) is 9.89. The molecule has 0 spiro atoms. The van der Waals surface area contributed by atoms with Gasteiger partial charge in [0.25, 0.3) is 5.56 Å². The second-order valence-corrected chi connectivity index (χ2v) is 5.38. The summed E-state index contributed by atoms with van der Waals surface area (Å²) in [5.74, 6) is 1.10. The predicted molar refractivity (Wildman–Crippen MR) is 76.3 cm³/mol. The Bertz CT molecular complexity index is 442. The zero-order valence-corrected chi connectivity index (χ0v) is 12.3. The number of hydrogen-bond acceptors (Lipinski definition) is 3. The number of rotatable bonds is 6. The maximum atomic E-state index is 11.9. The number of nitrogens with zero attached hydrogens (tertiary/aromatic N) is 2. The Morgan fingerprint density at radius 2 is 2.11 bits per heavy atom. The van der Waals surface area contributed by atoms with Crippen LogP contribution in [0.2, 0.25) is 5.02 Å². The Labute approximate surface area is 113 Å². The highest BCUT2D eigenvalue weighted by Crippen LogP contribution is 2.17. The fraction of sp³-hybridized carbons (Fsp3) is 0.692. The third-order valence-electron chi connectivity index (χ3n) is 3.17. The smallest absolute Gasteiger partial charge is 0.287 e. The molecular formula is C13H22ClN3O. The number of aromatic nitrogens is 2. The van der Waals surface area contributed by atoms with Gasteiger partial charge in [-0.25, -0.2) is 4.68 Å². The van der Waals surface area contributed by atoms with Crippen LogP contribution in [0.15, 0.2) is 11.0 Å². The van der Waals surface area contributed by atoms with Gasteiger partial charge in [-0.1, -0.05) is 39.3 Å². The van der Waals surface area contributed by atoms with Gasteiger partial charge in [-0.2, -0.15) is 5.10 Å². The fourth-order valence-corrected chi connectivity index (χ4v) is 1.68. The van der Waals surface area contributed by atoms with E-state index >= 15 is 0 Å². The monoisotopic (exact) mass is 271 g/mol. The third-order valence-corrected chi connectivity index (χ3v) is 3.54. The lowest BCUT2D eigenvalue weighted by Gasteiger charge is -2.17. The number of halogens is 1. The molecule has 4 nitrogen and oxygen atoms in total. The van der Waals surface area contributed by atoms with Crippen LogP contribution in [0.3, 0.4) is 0 Å². The largest absolute Gasteiger partial charge is 0.382 e. The lowest BCUT2D eigenvalue weighted by atomic mass is 9.98. The van der Waals surface area contributed by atoms with Gasteiger partial charge >= 0.3 is 0 Å². The van der Waals surface area contributed by atoms with E-state index < -0.39 is 0 Å². The molecule has 1 aromatic heterocycles. The number of anilines is 1. The van der Waals surface area contributed by atoms with Crippen LogP contribution >= 0.6 is 11.6 Å². The molecule has 1 rings (SSSR count). The Morgan fingerprint density at radius 1 is 1.44 bits per heavy atom. The van der Waals surface area contributed by atoms with Crippen molar-refractivity contribution in [2.45, 2.75) is 40.7 Å². The van der Waals surface area contributed by atoms with Crippen LogP contribution in [0.25, 0.3) is 0 Å². The minimum Gasteiger partial charge on any atom is -0.382 e. The summed E-state index contributed by atoms with van der Waals surface area (Å²) in [6, 6.07) is 0. The summed E-state index contributed by atoms with van der Waals surface area (Å²) >= 11 is 6.06. The molecule has 18 heavy (non-hydrogen) atoms. The van der Waals surface area contributed by atoms with Gasteiger partial charge in [0.15, 0.2) is 0 Å². The van der Waals surface area contributed by atoms with Crippen LogP contribution in [-0.2, 0) is 6.54 Å². The van der Waals surface area contributed by atoms with Crippen LogP contribution in [0, 0.1) is 11.8 Å². The molecule has 0 amide bonds. The molecule has 5 heteroatoms. The molecule has 0 fully saturated rings. The van der Waals surface area contributed by atoms with Gasteiger partial charge in [-0.3, -0.25) is 4.79 Å². The molecule has 1 atom stereocenters. The molecule has 102 valence electrons. The predicted octanol–water partition coefficient (Wildman–Crippen LogP) is 3.01. The molecule has 0 saturated carbocycles. The first-order chi connectivity index (χ1) is 8.47. The molecular weight excluding hydrogens is 250 g/mol. The van der Waals surface area contributed by atoms with Crippen molar-refractivity contribution in [2.75, 3.05) is 11.9 Å². The van der Waals surface area contributed by atoms with E-state index in [0.717, 1.165) is 13.0 Å². The van der Waals surface area contributed by atoms with E-state index in [1.165, 1.54) is 4.68 Å². The lowest BCUT2D eigenvalue weighted by molar-refractivity contribution is 0.439.